The van der Waals surface area contributed by atoms with Crippen molar-refractivity contribution in [1.82, 2.24) is 15.2 Å². The number of aryl methyl sites for hydroxylation is 2. The summed E-state index contributed by atoms with van der Waals surface area (Å²) < 4.78 is 0. The second-order valence-corrected chi connectivity index (χ2v) is 4.07. The molecular formula is C13H15N5. The van der Waals surface area contributed by atoms with Gasteiger partial charge in [-0.1, -0.05) is 12.1 Å². The van der Waals surface area contributed by atoms with Gasteiger partial charge in [-0.2, -0.15) is 10.4 Å². The van der Waals surface area contributed by atoms with E-state index in [1.165, 1.54) is 6.33 Å². The van der Waals surface area contributed by atoms with Gasteiger partial charge in [-0.05, 0) is 25.0 Å². The highest BCUT2D eigenvalue weighted by Gasteiger charge is 2.04. The highest BCUT2D eigenvalue weighted by atomic mass is 15.2. The number of para-hydroxylation sites is 1. The molecule has 2 aromatic rings. The van der Waals surface area contributed by atoms with E-state index in [4.69, 9.17) is 5.26 Å². The largest absolute Gasteiger partial charge is 0.384 e. The Morgan fingerprint density at radius 1 is 1.44 bits per heavy atom. The van der Waals surface area contributed by atoms with Gasteiger partial charge in [0.25, 0.3) is 0 Å². The minimum Gasteiger partial charge on any atom is -0.384 e. The number of rotatable bonds is 5. The molecule has 0 fully saturated rings. The molecule has 5 heteroatoms. The van der Waals surface area contributed by atoms with Crippen LogP contribution in [0, 0.1) is 18.3 Å². The van der Waals surface area contributed by atoms with Crippen LogP contribution in [0.4, 0.5) is 5.69 Å². The summed E-state index contributed by atoms with van der Waals surface area (Å²) >= 11 is 0. The summed E-state index contributed by atoms with van der Waals surface area (Å²) in [5.41, 5.74) is 2.71. The Morgan fingerprint density at radius 2 is 2.33 bits per heavy atom. The number of hydrogen-bond acceptors (Lipinski definition) is 4. The summed E-state index contributed by atoms with van der Waals surface area (Å²) in [6.45, 7) is 2.81. The summed E-state index contributed by atoms with van der Waals surface area (Å²) in [5.74, 6) is 0.891. The van der Waals surface area contributed by atoms with Crippen LogP contribution in [0.3, 0.4) is 0 Å². The first-order chi connectivity index (χ1) is 8.81. The fraction of sp³-hybridized carbons (Fsp3) is 0.308. The fourth-order valence-electron chi connectivity index (χ4n) is 1.82. The van der Waals surface area contributed by atoms with E-state index in [0.717, 1.165) is 36.5 Å². The standard InChI is InChI=1S/C13H15N5/c1-10-4-2-5-11(8-14)13(10)15-7-3-6-12-16-9-17-18-12/h2,4-5,9,15H,3,6-7H2,1H3,(H,16,17,18). The number of hydrogen-bond donors (Lipinski definition) is 2. The topological polar surface area (TPSA) is 77.4 Å². The molecule has 0 bridgehead atoms. The maximum absolute atomic E-state index is 9.04. The van der Waals surface area contributed by atoms with Gasteiger partial charge in [0, 0.05) is 13.0 Å². The Kier molecular flexibility index (Phi) is 3.92. The van der Waals surface area contributed by atoms with Crippen molar-refractivity contribution in [2.24, 2.45) is 0 Å². The van der Waals surface area contributed by atoms with Crippen LogP contribution in [-0.4, -0.2) is 21.7 Å². The van der Waals surface area contributed by atoms with Crippen molar-refractivity contribution in [3.8, 4) is 6.07 Å². The molecule has 0 aliphatic rings. The van der Waals surface area contributed by atoms with Gasteiger partial charge in [0.1, 0.15) is 18.2 Å². The molecule has 2 rings (SSSR count). The summed E-state index contributed by atoms with van der Waals surface area (Å²) in [4.78, 5) is 4.07. The lowest BCUT2D eigenvalue weighted by molar-refractivity contribution is 0.805. The van der Waals surface area contributed by atoms with Crippen LogP contribution >= 0.6 is 0 Å². The van der Waals surface area contributed by atoms with Gasteiger partial charge in [-0.3, -0.25) is 5.10 Å². The lowest BCUT2D eigenvalue weighted by Gasteiger charge is -2.10. The van der Waals surface area contributed by atoms with Gasteiger partial charge in [0.2, 0.25) is 0 Å². The van der Waals surface area contributed by atoms with E-state index in [2.05, 4.69) is 26.6 Å². The summed E-state index contributed by atoms with van der Waals surface area (Å²) in [5, 5.41) is 19.0. The SMILES string of the molecule is Cc1cccc(C#N)c1NCCCc1ncn[nH]1. The molecule has 5 nitrogen and oxygen atoms in total. The number of aromatic amines is 1. The first-order valence-corrected chi connectivity index (χ1v) is 5.89. The lowest BCUT2D eigenvalue weighted by Crippen LogP contribution is -2.06. The lowest BCUT2D eigenvalue weighted by atomic mass is 10.1. The molecule has 2 N–H and O–H groups in total. The molecule has 0 radical (unpaired) electrons. The number of nitrogens with one attached hydrogen (secondary N) is 2. The second kappa shape index (κ2) is 5.82. The number of aromatic nitrogens is 3. The molecule has 1 heterocycles. The number of H-pyrrole nitrogens is 1. The number of anilines is 1. The van der Waals surface area contributed by atoms with E-state index in [1.54, 1.807) is 0 Å². The Bertz CT molecular complexity index is 539. The van der Waals surface area contributed by atoms with Crippen molar-refractivity contribution in [3.63, 3.8) is 0 Å². The van der Waals surface area contributed by atoms with E-state index in [0.29, 0.717) is 5.56 Å². The molecule has 0 atom stereocenters. The highest BCUT2D eigenvalue weighted by Crippen LogP contribution is 2.19. The maximum Gasteiger partial charge on any atom is 0.137 e. The van der Waals surface area contributed by atoms with Crippen LogP contribution in [0.1, 0.15) is 23.4 Å². The van der Waals surface area contributed by atoms with E-state index < -0.39 is 0 Å². The van der Waals surface area contributed by atoms with Crippen molar-refractivity contribution >= 4 is 5.69 Å². The smallest absolute Gasteiger partial charge is 0.137 e. The Hall–Kier alpha value is -2.35. The van der Waals surface area contributed by atoms with E-state index >= 15 is 0 Å². The molecule has 0 saturated heterocycles. The molecule has 92 valence electrons. The summed E-state index contributed by atoms with van der Waals surface area (Å²) in [7, 11) is 0. The molecule has 18 heavy (non-hydrogen) atoms. The van der Waals surface area contributed by atoms with Crippen molar-refractivity contribution in [1.29, 1.82) is 5.26 Å². The number of nitrogens with zero attached hydrogens (tertiary/aromatic N) is 3. The first-order valence-electron chi connectivity index (χ1n) is 5.89. The molecular weight excluding hydrogens is 226 g/mol. The van der Waals surface area contributed by atoms with Crippen LogP contribution in [0.2, 0.25) is 0 Å². The average molecular weight is 241 g/mol. The third kappa shape index (κ3) is 2.86. The predicted molar refractivity (Wildman–Crippen MR) is 69.1 cm³/mol. The molecule has 1 aromatic carbocycles. The van der Waals surface area contributed by atoms with Crippen molar-refractivity contribution in [2.45, 2.75) is 19.8 Å². The predicted octanol–water partition coefficient (Wildman–Crippen LogP) is 2.03. The Labute approximate surface area is 106 Å². The maximum atomic E-state index is 9.04. The monoisotopic (exact) mass is 241 g/mol. The average Bonchev–Trinajstić information content (AvgIpc) is 2.89. The van der Waals surface area contributed by atoms with Gasteiger partial charge >= 0.3 is 0 Å². The van der Waals surface area contributed by atoms with Crippen LogP contribution in [0.5, 0.6) is 0 Å². The minimum atomic E-state index is 0.690. The number of benzene rings is 1. The van der Waals surface area contributed by atoms with Gasteiger partial charge in [0.15, 0.2) is 0 Å². The van der Waals surface area contributed by atoms with E-state index in [-0.39, 0.29) is 0 Å². The van der Waals surface area contributed by atoms with Crippen LogP contribution < -0.4 is 5.32 Å². The minimum absolute atomic E-state index is 0.690. The fourth-order valence-corrected chi connectivity index (χ4v) is 1.82. The number of nitriles is 1. The normalized spacial score (nSPS) is 10.0. The third-order valence-corrected chi connectivity index (χ3v) is 2.75. The van der Waals surface area contributed by atoms with Gasteiger partial charge in [0.05, 0.1) is 11.3 Å². The van der Waals surface area contributed by atoms with Crippen LogP contribution in [-0.2, 0) is 6.42 Å². The zero-order valence-electron chi connectivity index (χ0n) is 10.3. The molecule has 0 unspecified atom stereocenters. The molecule has 0 spiro atoms. The molecule has 0 aliphatic carbocycles. The van der Waals surface area contributed by atoms with E-state index in [9.17, 15) is 0 Å². The van der Waals surface area contributed by atoms with Crippen LogP contribution in [0.15, 0.2) is 24.5 Å². The van der Waals surface area contributed by atoms with Crippen molar-refractivity contribution in [3.05, 3.63) is 41.5 Å². The molecule has 0 aliphatic heterocycles. The quantitative estimate of drug-likeness (QED) is 0.785. The van der Waals surface area contributed by atoms with Crippen molar-refractivity contribution in [2.75, 3.05) is 11.9 Å². The molecule has 0 saturated carbocycles. The zero-order chi connectivity index (χ0) is 12.8. The first kappa shape index (κ1) is 12.1. The zero-order valence-corrected chi connectivity index (χ0v) is 10.3. The third-order valence-electron chi connectivity index (χ3n) is 2.75. The Morgan fingerprint density at radius 3 is 3.06 bits per heavy atom. The van der Waals surface area contributed by atoms with Crippen LogP contribution in [0.25, 0.3) is 0 Å². The summed E-state index contributed by atoms with van der Waals surface area (Å²) in [6.07, 6.45) is 3.30. The molecule has 1 aromatic heterocycles. The molecule has 0 amide bonds. The van der Waals surface area contributed by atoms with Gasteiger partial charge in [-0.25, -0.2) is 4.98 Å². The van der Waals surface area contributed by atoms with Crippen molar-refractivity contribution < 1.29 is 0 Å². The summed E-state index contributed by atoms with van der Waals surface area (Å²) in [6, 6.07) is 7.92. The Balaban J connectivity index is 1.89. The second-order valence-electron chi connectivity index (χ2n) is 4.07. The van der Waals surface area contributed by atoms with Gasteiger partial charge < -0.3 is 5.32 Å². The van der Waals surface area contributed by atoms with E-state index in [1.807, 2.05) is 25.1 Å². The highest BCUT2D eigenvalue weighted by molar-refractivity contribution is 5.62. The van der Waals surface area contributed by atoms with Gasteiger partial charge in [-0.15, -0.1) is 0 Å².